The van der Waals surface area contributed by atoms with Crippen molar-refractivity contribution in [2.24, 2.45) is 0 Å². The minimum atomic E-state index is -0.662. The molecule has 5 rings (SSSR count). The van der Waals surface area contributed by atoms with Gasteiger partial charge >= 0.3 is 0 Å². The van der Waals surface area contributed by atoms with E-state index in [-0.39, 0.29) is 18.1 Å². The molecule has 1 unspecified atom stereocenters. The number of benzene rings is 2. The lowest BCUT2D eigenvalue weighted by atomic mass is 10.1. The predicted molar refractivity (Wildman–Crippen MR) is 120 cm³/mol. The summed E-state index contributed by atoms with van der Waals surface area (Å²) in [6.45, 7) is -0.0740. The molecule has 2 aromatic carbocycles. The number of aliphatic hydroxyl groups is 1. The van der Waals surface area contributed by atoms with Gasteiger partial charge in [0.15, 0.2) is 0 Å². The number of anilines is 1. The molecule has 4 aromatic rings. The first-order chi connectivity index (χ1) is 16.0. The van der Waals surface area contributed by atoms with E-state index in [1.165, 1.54) is 21.6 Å². The summed E-state index contributed by atoms with van der Waals surface area (Å²) in [5, 5.41) is 23.7. The van der Waals surface area contributed by atoms with Gasteiger partial charge in [-0.1, -0.05) is 23.7 Å². The van der Waals surface area contributed by atoms with Crippen LogP contribution in [0.5, 0.6) is 0 Å². The third-order valence-electron chi connectivity index (χ3n) is 5.52. The SMILES string of the molecule is O=C(Nc1ccc(CO)cc1)C1CCc2nc(-c3cc(Cl)ccc3-n3cnnn3)cc(=O)n21. The number of aromatic nitrogens is 6. The zero-order valence-corrected chi connectivity index (χ0v) is 18.0. The highest BCUT2D eigenvalue weighted by atomic mass is 35.5. The molecule has 33 heavy (non-hydrogen) atoms. The molecule has 1 atom stereocenters. The van der Waals surface area contributed by atoms with Gasteiger partial charge in [0.25, 0.3) is 5.56 Å². The molecule has 1 aliphatic heterocycles. The Morgan fingerprint density at radius 2 is 2.00 bits per heavy atom. The van der Waals surface area contributed by atoms with Crippen LogP contribution in [0.1, 0.15) is 23.9 Å². The molecule has 1 aliphatic rings. The van der Waals surface area contributed by atoms with Crippen LogP contribution in [0.2, 0.25) is 5.02 Å². The Labute approximate surface area is 192 Å². The van der Waals surface area contributed by atoms with E-state index in [9.17, 15) is 9.59 Å². The number of rotatable bonds is 5. The average molecular weight is 464 g/mol. The molecule has 0 aliphatic carbocycles. The number of nitrogens with one attached hydrogen (secondary N) is 1. The molecule has 3 heterocycles. The van der Waals surface area contributed by atoms with E-state index in [1.54, 1.807) is 42.5 Å². The standard InChI is InChI=1S/C22H18ClN7O3/c23-14-3-6-18(29-12-24-27-28-29)16(9-14)17-10-21(32)30-19(7-8-20(30)26-17)22(33)25-15-4-1-13(11-31)2-5-15/h1-6,9-10,12,19,31H,7-8,11H2,(H,25,33). The van der Waals surface area contributed by atoms with Gasteiger partial charge in [-0.3, -0.25) is 14.2 Å². The van der Waals surface area contributed by atoms with Crippen molar-refractivity contribution in [3.05, 3.63) is 81.6 Å². The fourth-order valence-corrected chi connectivity index (χ4v) is 4.11. The highest BCUT2D eigenvalue weighted by molar-refractivity contribution is 6.31. The smallest absolute Gasteiger partial charge is 0.254 e. The summed E-state index contributed by atoms with van der Waals surface area (Å²) in [7, 11) is 0. The molecule has 0 saturated carbocycles. The van der Waals surface area contributed by atoms with Gasteiger partial charge in [0.1, 0.15) is 18.2 Å². The first-order valence-corrected chi connectivity index (χ1v) is 10.6. The summed E-state index contributed by atoms with van der Waals surface area (Å²) in [5.41, 5.74) is 2.67. The van der Waals surface area contributed by atoms with Crippen LogP contribution in [0.3, 0.4) is 0 Å². The maximum absolute atomic E-state index is 13.1. The van der Waals surface area contributed by atoms with Crippen molar-refractivity contribution < 1.29 is 9.90 Å². The van der Waals surface area contributed by atoms with Crippen LogP contribution in [0, 0.1) is 0 Å². The average Bonchev–Trinajstić information content (AvgIpc) is 3.50. The van der Waals surface area contributed by atoms with E-state index < -0.39 is 6.04 Å². The van der Waals surface area contributed by atoms with Gasteiger partial charge in [-0.25, -0.2) is 4.98 Å². The van der Waals surface area contributed by atoms with Gasteiger partial charge in [0.05, 0.1) is 18.0 Å². The lowest BCUT2D eigenvalue weighted by molar-refractivity contribution is -0.119. The highest BCUT2D eigenvalue weighted by Gasteiger charge is 2.31. The van der Waals surface area contributed by atoms with E-state index in [1.807, 2.05) is 0 Å². The van der Waals surface area contributed by atoms with E-state index in [0.717, 1.165) is 5.56 Å². The third kappa shape index (κ3) is 4.01. The number of nitrogens with zero attached hydrogens (tertiary/aromatic N) is 6. The van der Waals surface area contributed by atoms with Crippen LogP contribution in [-0.4, -0.2) is 40.8 Å². The largest absolute Gasteiger partial charge is 0.392 e. The zero-order valence-electron chi connectivity index (χ0n) is 17.2. The number of aliphatic hydroxyl groups excluding tert-OH is 1. The zero-order chi connectivity index (χ0) is 22.9. The number of carbonyl (C=O) groups excluding carboxylic acids is 1. The van der Waals surface area contributed by atoms with E-state index in [4.69, 9.17) is 16.7 Å². The second-order valence-electron chi connectivity index (χ2n) is 7.58. The summed E-state index contributed by atoms with van der Waals surface area (Å²) in [4.78, 5) is 30.6. The molecule has 0 bridgehead atoms. The molecular formula is C22H18ClN7O3. The molecule has 2 N–H and O–H groups in total. The van der Waals surface area contributed by atoms with Crippen LogP contribution in [-0.2, 0) is 17.8 Å². The fraction of sp³-hybridized carbons (Fsp3) is 0.182. The van der Waals surface area contributed by atoms with E-state index >= 15 is 0 Å². The monoisotopic (exact) mass is 463 g/mol. The van der Waals surface area contributed by atoms with Crippen molar-refractivity contribution in [3.63, 3.8) is 0 Å². The van der Waals surface area contributed by atoms with Gasteiger partial charge in [0, 0.05) is 28.8 Å². The number of hydrogen-bond donors (Lipinski definition) is 2. The normalized spacial score (nSPS) is 14.8. The maximum atomic E-state index is 13.1. The Kier molecular flexibility index (Phi) is 5.45. The minimum absolute atomic E-state index is 0.0740. The maximum Gasteiger partial charge on any atom is 0.254 e. The van der Waals surface area contributed by atoms with Crippen molar-refractivity contribution in [2.45, 2.75) is 25.5 Å². The van der Waals surface area contributed by atoms with Crippen LogP contribution in [0.15, 0.2) is 59.7 Å². The molecule has 0 fully saturated rings. The van der Waals surface area contributed by atoms with Crippen molar-refractivity contribution >= 4 is 23.2 Å². The fourth-order valence-electron chi connectivity index (χ4n) is 3.93. The summed E-state index contributed by atoms with van der Waals surface area (Å²) >= 11 is 6.21. The van der Waals surface area contributed by atoms with Gasteiger partial charge in [-0.15, -0.1) is 5.10 Å². The Bertz CT molecular complexity index is 1380. The minimum Gasteiger partial charge on any atom is -0.392 e. The topological polar surface area (TPSA) is 128 Å². The molecule has 0 spiro atoms. The summed E-state index contributed by atoms with van der Waals surface area (Å²) in [5.74, 6) is 0.232. The van der Waals surface area contributed by atoms with E-state index in [2.05, 4.69) is 25.8 Å². The summed E-state index contributed by atoms with van der Waals surface area (Å²) in [6, 6.07) is 12.8. The molecule has 11 heteroatoms. The predicted octanol–water partition coefficient (Wildman–Crippen LogP) is 2.16. The Morgan fingerprint density at radius 3 is 2.73 bits per heavy atom. The summed E-state index contributed by atoms with van der Waals surface area (Å²) in [6.07, 6.45) is 2.38. The highest BCUT2D eigenvalue weighted by Crippen LogP contribution is 2.30. The van der Waals surface area contributed by atoms with Crippen molar-refractivity contribution in [1.82, 2.24) is 29.8 Å². The summed E-state index contributed by atoms with van der Waals surface area (Å²) < 4.78 is 2.90. The van der Waals surface area contributed by atoms with Gasteiger partial charge in [-0.2, -0.15) is 4.68 Å². The Morgan fingerprint density at radius 1 is 1.18 bits per heavy atom. The number of halogens is 1. The lowest BCUT2D eigenvalue weighted by Gasteiger charge is -2.15. The third-order valence-corrected chi connectivity index (χ3v) is 5.75. The molecule has 10 nitrogen and oxygen atoms in total. The molecule has 166 valence electrons. The quantitative estimate of drug-likeness (QED) is 0.464. The Hall–Kier alpha value is -3.89. The van der Waals surface area contributed by atoms with Crippen LogP contribution >= 0.6 is 11.6 Å². The van der Waals surface area contributed by atoms with Gasteiger partial charge in [-0.05, 0) is 52.7 Å². The number of hydrogen-bond acceptors (Lipinski definition) is 7. The van der Waals surface area contributed by atoms with Crippen molar-refractivity contribution in [2.75, 3.05) is 5.32 Å². The lowest BCUT2D eigenvalue weighted by Crippen LogP contribution is -2.31. The van der Waals surface area contributed by atoms with Crippen LogP contribution < -0.4 is 10.9 Å². The van der Waals surface area contributed by atoms with Crippen molar-refractivity contribution in [3.8, 4) is 16.9 Å². The Balaban J connectivity index is 1.47. The van der Waals surface area contributed by atoms with Crippen LogP contribution in [0.4, 0.5) is 5.69 Å². The number of amides is 1. The molecule has 0 radical (unpaired) electrons. The second kappa shape index (κ2) is 8.57. The molecular weight excluding hydrogens is 446 g/mol. The molecule has 0 saturated heterocycles. The first-order valence-electron chi connectivity index (χ1n) is 10.2. The first kappa shape index (κ1) is 21.0. The number of tetrazole rings is 1. The second-order valence-corrected chi connectivity index (χ2v) is 8.02. The molecule has 2 aromatic heterocycles. The van der Waals surface area contributed by atoms with Gasteiger partial charge < -0.3 is 10.4 Å². The van der Waals surface area contributed by atoms with Crippen LogP contribution in [0.25, 0.3) is 16.9 Å². The number of aryl methyl sites for hydroxylation is 1. The number of carbonyl (C=O) groups is 1. The molecule has 1 amide bonds. The number of fused-ring (bicyclic) bond motifs is 1. The van der Waals surface area contributed by atoms with E-state index in [0.29, 0.717) is 46.3 Å². The van der Waals surface area contributed by atoms with Gasteiger partial charge in [0.2, 0.25) is 5.91 Å². The van der Waals surface area contributed by atoms with Crippen molar-refractivity contribution in [1.29, 1.82) is 0 Å².